The molecule has 0 spiro atoms. The van der Waals surface area contributed by atoms with Gasteiger partial charge in [-0.15, -0.1) is 0 Å². The quantitative estimate of drug-likeness (QED) is 0.830. The lowest BCUT2D eigenvalue weighted by atomic mass is 9.98. The van der Waals surface area contributed by atoms with Crippen LogP contribution in [0, 0.1) is 6.92 Å². The third kappa shape index (κ3) is 2.81. The highest BCUT2D eigenvalue weighted by atomic mass is 32.2. The number of rotatable bonds is 3. The van der Waals surface area contributed by atoms with E-state index in [0.717, 1.165) is 9.87 Å². The number of ether oxygens (including phenoxy) is 1. The number of hydrogen-bond donors (Lipinski definition) is 1. The summed E-state index contributed by atoms with van der Waals surface area (Å²) in [6.45, 7) is 3.37. The summed E-state index contributed by atoms with van der Waals surface area (Å²) in [5.74, 6) is -0.756. The molecule has 7 heteroatoms. The molecular weight excluding hydrogens is 294 g/mol. The van der Waals surface area contributed by atoms with Crippen molar-refractivity contribution >= 4 is 16.0 Å². The SMILES string of the molecule is COC(=O)[C@H]1N(S(=O)(=O)c2ccc(C)cc2)CC[C@@]1(C)O. The molecule has 1 saturated heterocycles. The fourth-order valence-corrected chi connectivity index (χ4v) is 4.17. The number of aryl methyl sites for hydroxylation is 1. The van der Waals surface area contributed by atoms with Crippen LogP contribution in [0.5, 0.6) is 0 Å². The summed E-state index contributed by atoms with van der Waals surface area (Å²) in [7, 11) is -2.68. The molecule has 2 atom stereocenters. The summed E-state index contributed by atoms with van der Waals surface area (Å²) in [6.07, 6.45) is 0.178. The van der Waals surface area contributed by atoms with Crippen LogP contribution in [-0.4, -0.2) is 49.1 Å². The average molecular weight is 313 g/mol. The summed E-state index contributed by atoms with van der Waals surface area (Å²) in [4.78, 5) is 12.0. The molecule has 116 valence electrons. The zero-order valence-corrected chi connectivity index (χ0v) is 13.1. The Labute approximate surface area is 124 Å². The second-order valence-electron chi connectivity index (χ2n) is 5.46. The van der Waals surface area contributed by atoms with Crippen molar-refractivity contribution in [2.75, 3.05) is 13.7 Å². The second kappa shape index (κ2) is 5.40. The number of aliphatic hydroxyl groups is 1. The third-order valence-electron chi connectivity index (χ3n) is 3.77. The van der Waals surface area contributed by atoms with Gasteiger partial charge in [-0.05, 0) is 32.4 Å². The van der Waals surface area contributed by atoms with Crippen LogP contribution in [-0.2, 0) is 19.6 Å². The van der Waals surface area contributed by atoms with Gasteiger partial charge in [0.1, 0.15) is 0 Å². The van der Waals surface area contributed by atoms with Crippen molar-refractivity contribution in [1.82, 2.24) is 4.31 Å². The smallest absolute Gasteiger partial charge is 0.327 e. The minimum Gasteiger partial charge on any atom is -0.468 e. The maximum atomic E-state index is 12.7. The Morgan fingerprint density at radius 3 is 2.48 bits per heavy atom. The lowest BCUT2D eigenvalue weighted by molar-refractivity contribution is -0.150. The zero-order valence-electron chi connectivity index (χ0n) is 12.2. The Balaban J connectivity index is 2.44. The minimum atomic E-state index is -3.86. The molecule has 21 heavy (non-hydrogen) atoms. The van der Waals surface area contributed by atoms with Gasteiger partial charge in [0.2, 0.25) is 10.0 Å². The van der Waals surface area contributed by atoms with Crippen LogP contribution < -0.4 is 0 Å². The van der Waals surface area contributed by atoms with E-state index >= 15 is 0 Å². The van der Waals surface area contributed by atoms with Crippen LogP contribution >= 0.6 is 0 Å². The van der Waals surface area contributed by atoms with Gasteiger partial charge in [0, 0.05) is 6.54 Å². The van der Waals surface area contributed by atoms with Gasteiger partial charge in [-0.1, -0.05) is 17.7 Å². The molecule has 1 aromatic carbocycles. The van der Waals surface area contributed by atoms with Crippen LogP contribution in [0.1, 0.15) is 18.9 Å². The topological polar surface area (TPSA) is 83.9 Å². The largest absolute Gasteiger partial charge is 0.468 e. The van der Waals surface area contributed by atoms with Gasteiger partial charge in [-0.2, -0.15) is 4.31 Å². The summed E-state index contributed by atoms with van der Waals surface area (Å²) < 4.78 is 31.0. The Morgan fingerprint density at radius 1 is 1.38 bits per heavy atom. The Morgan fingerprint density at radius 2 is 1.95 bits per heavy atom. The molecule has 0 aromatic heterocycles. The number of methoxy groups -OCH3 is 1. The molecule has 1 aromatic rings. The molecule has 2 rings (SSSR count). The van der Waals surface area contributed by atoms with Crippen LogP contribution in [0.25, 0.3) is 0 Å². The van der Waals surface area contributed by atoms with E-state index in [4.69, 9.17) is 0 Å². The number of hydrogen-bond acceptors (Lipinski definition) is 5. The molecule has 1 fully saturated rings. The molecule has 0 aliphatic carbocycles. The second-order valence-corrected chi connectivity index (χ2v) is 7.35. The summed E-state index contributed by atoms with van der Waals surface area (Å²) in [5, 5.41) is 10.3. The number of sulfonamides is 1. The lowest BCUT2D eigenvalue weighted by Gasteiger charge is -2.28. The highest BCUT2D eigenvalue weighted by Gasteiger charge is 2.52. The van der Waals surface area contributed by atoms with Crippen LogP contribution in [0.15, 0.2) is 29.2 Å². The minimum absolute atomic E-state index is 0.0724. The maximum absolute atomic E-state index is 12.7. The summed E-state index contributed by atoms with van der Waals surface area (Å²) in [6, 6.07) is 5.13. The first-order valence-electron chi connectivity index (χ1n) is 6.59. The van der Waals surface area contributed by atoms with E-state index in [1.165, 1.54) is 26.2 Å². The number of carbonyl (C=O) groups is 1. The number of carbonyl (C=O) groups excluding carboxylic acids is 1. The Bertz CT molecular complexity index is 636. The van der Waals surface area contributed by atoms with Gasteiger partial charge < -0.3 is 9.84 Å². The molecule has 1 aliphatic heterocycles. The van der Waals surface area contributed by atoms with Crippen LogP contribution in [0.3, 0.4) is 0 Å². The molecule has 0 bridgehead atoms. The number of benzene rings is 1. The summed E-state index contributed by atoms with van der Waals surface area (Å²) >= 11 is 0. The number of nitrogens with zero attached hydrogens (tertiary/aromatic N) is 1. The van der Waals surface area contributed by atoms with Crippen LogP contribution in [0.2, 0.25) is 0 Å². The fourth-order valence-electron chi connectivity index (χ4n) is 2.50. The van der Waals surface area contributed by atoms with Crippen molar-refractivity contribution in [3.05, 3.63) is 29.8 Å². The highest BCUT2D eigenvalue weighted by Crippen LogP contribution is 2.33. The van der Waals surface area contributed by atoms with Gasteiger partial charge in [0.25, 0.3) is 0 Å². The lowest BCUT2D eigenvalue weighted by Crippen LogP contribution is -2.50. The molecule has 1 N–H and O–H groups in total. The van der Waals surface area contributed by atoms with Gasteiger partial charge in [-0.25, -0.2) is 8.42 Å². The third-order valence-corrected chi connectivity index (χ3v) is 5.65. The molecule has 1 aliphatic rings. The predicted molar refractivity (Wildman–Crippen MR) is 76.1 cm³/mol. The summed E-state index contributed by atoms with van der Waals surface area (Å²) in [5.41, 5.74) is -0.503. The van der Waals surface area contributed by atoms with Crippen LogP contribution in [0.4, 0.5) is 0 Å². The normalized spacial score (nSPS) is 26.8. The van der Waals surface area contributed by atoms with E-state index in [0.29, 0.717) is 0 Å². The standard InChI is InChI=1S/C14H19NO5S/c1-10-4-6-11(7-5-10)21(18,19)15-9-8-14(2,17)12(15)13(16)20-3/h4-7,12,17H,8-9H2,1-3H3/t12-,14-/m1/s1. The van der Waals surface area contributed by atoms with E-state index in [-0.39, 0.29) is 17.9 Å². The first-order valence-corrected chi connectivity index (χ1v) is 8.03. The van der Waals surface area contributed by atoms with Gasteiger partial charge in [0.05, 0.1) is 17.6 Å². The average Bonchev–Trinajstić information content (AvgIpc) is 2.74. The van der Waals surface area contributed by atoms with E-state index in [1.807, 2.05) is 6.92 Å². The molecule has 0 amide bonds. The van der Waals surface area contributed by atoms with Gasteiger partial charge >= 0.3 is 5.97 Å². The first kappa shape index (κ1) is 15.9. The van der Waals surface area contributed by atoms with Crippen molar-refractivity contribution in [3.8, 4) is 0 Å². The van der Waals surface area contributed by atoms with Crippen molar-refractivity contribution in [2.45, 2.75) is 36.8 Å². The first-order chi connectivity index (χ1) is 9.70. The van der Waals surface area contributed by atoms with E-state index < -0.39 is 27.6 Å². The molecule has 0 radical (unpaired) electrons. The predicted octanol–water partition coefficient (Wildman–Crippen LogP) is 0.682. The molecule has 0 unspecified atom stereocenters. The number of esters is 1. The van der Waals surface area contributed by atoms with E-state index in [1.54, 1.807) is 12.1 Å². The maximum Gasteiger partial charge on any atom is 0.327 e. The molecule has 6 nitrogen and oxygen atoms in total. The highest BCUT2D eigenvalue weighted by molar-refractivity contribution is 7.89. The van der Waals surface area contributed by atoms with E-state index in [9.17, 15) is 18.3 Å². The van der Waals surface area contributed by atoms with Crippen molar-refractivity contribution in [1.29, 1.82) is 0 Å². The molecule has 0 saturated carbocycles. The molecule has 1 heterocycles. The van der Waals surface area contributed by atoms with Crippen molar-refractivity contribution < 1.29 is 23.1 Å². The van der Waals surface area contributed by atoms with Crippen molar-refractivity contribution in [3.63, 3.8) is 0 Å². The van der Waals surface area contributed by atoms with Gasteiger partial charge in [-0.3, -0.25) is 4.79 Å². The zero-order chi connectivity index (χ0) is 15.8. The Kier molecular flexibility index (Phi) is 4.10. The molecular formula is C14H19NO5S. The van der Waals surface area contributed by atoms with E-state index in [2.05, 4.69) is 4.74 Å². The van der Waals surface area contributed by atoms with Crippen molar-refractivity contribution in [2.24, 2.45) is 0 Å². The van der Waals surface area contributed by atoms with Gasteiger partial charge in [0.15, 0.2) is 6.04 Å². The fraction of sp³-hybridized carbons (Fsp3) is 0.500. The Hall–Kier alpha value is -1.44. The monoisotopic (exact) mass is 313 g/mol.